The van der Waals surface area contributed by atoms with Crippen LogP contribution in [0, 0.1) is 12.8 Å². The number of aryl methyl sites for hydroxylation is 1. The predicted molar refractivity (Wildman–Crippen MR) is 125 cm³/mol. The summed E-state index contributed by atoms with van der Waals surface area (Å²) in [6, 6.07) is 11.1. The molecule has 1 unspecified atom stereocenters. The Hall–Kier alpha value is -2.59. The van der Waals surface area contributed by atoms with Crippen LogP contribution in [-0.4, -0.2) is 35.9 Å². The molecular formula is C26H31N3O. The third-order valence-corrected chi connectivity index (χ3v) is 6.78. The van der Waals surface area contributed by atoms with Gasteiger partial charge in [0.1, 0.15) is 11.5 Å². The Morgan fingerprint density at radius 3 is 2.73 bits per heavy atom. The van der Waals surface area contributed by atoms with Crippen molar-refractivity contribution in [2.24, 2.45) is 5.92 Å². The maximum Gasteiger partial charge on any atom is 0.143 e. The van der Waals surface area contributed by atoms with Crippen LogP contribution < -0.4 is 4.90 Å². The number of aromatic nitrogens is 2. The predicted octanol–water partition coefficient (Wildman–Crippen LogP) is 5.64. The fourth-order valence-electron chi connectivity index (χ4n) is 4.99. The molecule has 0 radical (unpaired) electrons. The number of allylic oxidation sites excluding steroid dienone is 3. The van der Waals surface area contributed by atoms with Gasteiger partial charge in [0, 0.05) is 30.4 Å². The van der Waals surface area contributed by atoms with Gasteiger partial charge < -0.3 is 14.2 Å². The molecule has 1 aliphatic heterocycles. The molecular weight excluding hydrogens is 370 g/mol. The number of para-hydroxylation sites is 1. The molecule has 156 valence electrons. The zero-order chi connectivity index (χ0) is 20.7. The topological polar surface area (TPSA) is 30.3 Å². The SMILES string of the molecule is C=C(C)C1CC=C(Cn2c3ccccc3c3cc(C)c(N4CCOCC4)nc32)CC1. The maximum atomic E-state index is 5.56. The Labute approximate surface area is 178 Å². The number of benzene rings is 1. The zero-order valence-electron chi connectivity index (χ0n) is 18.2. The van der Waals surface area contributed by atoms with E-state index in [0.717, 1.165) is 57.2 Å². The number of hydrogen-bond donors (Lipinski definition) is 0. The average Bonchev–Trinajstić information content (AvgIpc) is 3.07. The van der Waals surface area contributed by atoms with E-state index in [-0.39, 0.29) is 0 Å². The van der Waals surface area contributed by atoms with Crippen LogP contribution in [-0.2, 0) is 11.3 Å². The molecule has 2 aliphatic rings. The summed E-state index contributed by atoms with van der Waals surface area (Å²) >= 11 is 0. The zero-order valence-corrected chi connectivity index (χ0v) is 18.2. The lowest BCUT2D eigenvalue weighted by Gasteiger charge is -2.29. The Kier molecular flexibility index (Phi) is 5.11. The van der Waals surface area contributed by atoms with Crippen molar-refractivity contribution in [3.05, 3.63) is 59.7 Å². The van der Waals surface area contributed by atoms with Crippen molar-refractivity contribution in [1.29, 1.82) is 0 Å². The number of ether oxygens (including phenoxy) is 1. The van der Waals surface area contributed by atoms with Crippen LogP contribution in [0.4, 0.5) is 5.82 Å². The minimum atomic E-state index is 0.639. The number of hydrogen-bond acceptors (Lipinski definition) is 3. The van der Waals surface area contributed by atoms with Gasteiger partial charge in [0.25, 0.3) is 0 Å². The summed E-state index contributed by atoms with van der Waals surface area (Å²) in [6.45, 7) is 12.8. The first kappa shape index (κ1) is 19.4. The summed E-state index contributed by atoms with van der Waals surface area (Å²) in [7, 11) is 0. The van der Waals surface area contributed by atoms with Crippen molar-refractivity contribution in [1.82, 2.24) is 9.55 Å². The number of anilines is 1. The summed E-state index contributed by atoms with van der Waals surface area (Å²) in [5.41, 5.74) is 6.46. The third-order valence-electron chi connectivity index (χ3n) is 6.78. The van der Waals surface area contributed by atoms with E-state index in [1.54, 1.807) is 0 Å². The van der Waals surface area contributed by atoms with Gasteiger partial charge in [-0.2, -0.15) is 0 Å². The quantitative estimate of drug-likeness (QED) is 0.530. The Bertz CT molecular complexity index is 1130. The minimum Gasteiger partial charge on any atom is -0.378 e. The van der Waals surface area contributed by atoms with Crippen molar-refractivity contribution in [2.75, 3.05) is 31.2 Å². The Morgan fingerprint density at radius 2 is 2.00 bits per heavy atom. The smallest absolute Gasteiger partial charge is 0.143 e. The van der Waals surface area contributed by atoms with Gasteiger partial charge in [0.15, 0.2) is 0 Å². The fraction of sp³-hybridized carbons (Fsp3) is 0.423. The molecule has 2 aromatic heterocycles. The minimum absolute atomic E-state index is 0.639. The van der Waals surface area contributed by atoms with Crippen molar-refractivity contribution in [2.45, 2.75) is 39.7 Å². The lowest BCUT2D eigenvalue weighted by atomic mass is 9.85. The fourth-order valence-corrected chi connectivity index (χ4v) is 4.99. The lowest BCUT2D eigenvalue weighted by Crippen LogP contribution is -2.37. The van der Waals surface area contributed by atoms with E-state index >= 15 is 0 Å². The molecule has 1 aliphatic carbocycles. The van der Waals surface area contributed by atoms with Gasteiger partial charge in [-0.25, -0.2) is 4.98 Å². The van der Waals surface area contributed by atoms with Gasteiger partial charge in [-0.1, -0.05) is 42.0 Å². The van der Waals surface area contributed by atoms with Crippen LogP contribution in [0.1, 0.15) is 31.7 Å². The van der Waals surface area contributed by atoms with E-state index in [2.05, 4.69) is 66.3 Å². The first-order valence-corrected chi connectivity index (χ1v) is 11.2. The van der Waals surface area contributed by atoms with E-state index < -0.39 is 0 Å². The van der Waals surface area contributed by atoms with Gasteiger partial charge in [-0.3, -0.25) is 0 Å². The van der Waals surface area contributed by atoms with E-state index in [1.807, 2.05) is 0 Å². The summed E-state index contributed by atoms with van der Waals surface area (Å²) in [5, 5.41) is 2.56. The first-order valence-electron chi connectivity index (χ1n) is 11.2. The summed E-state index contributed by atoms with van der Waals surface area (Å²) in [4.78, 5) is 7.61. The molecule has 4 nitrogen and oxygen atoms in total. The molecule has 1 fully saturated rings. The molecule has 4 heteroatoms. The standard InChI is InChI=1S/C26H31N3O/c1-18(2)21-10-8-20(9-11-21)17-29-24-7-5-4-6-22(24)23-16-19(3)25(27-26(23)29)28-12-14-30-15-13-28/h4-8,16,21H,1,9-15,17H2,2-3H3. The van der Waals surface area contributed by atoms with Crippen LogP contribution in [0.3, 0.4) is 0 Å². The summed E-state index contributed by atoms with van der Waals surface area (Å²) in [5.74, 6) is 1.75. The highest BCUT2D eigenvalue weighted by molar-refractivity contribution is 6.07. The number of morpholine rings is 1. The van der Waals surface area contributed by atoms with E-state index in [1.165, 1.54) is 39.4 Å². The second kappa shape index (κ2) is 7.92. The van der Waals surface area contributed by atoms with Gasteiger partial charge in [-0.15, -0.1) is 0 Å². The summed E-state index contributed by atoms with van der Waals surface area (Å²) in [6.07, 6.45) is 5.92. The maximum absolute atomic E-state index is 5.56. The second-order valence-corrected chi connectivity index (χ2v) is 8.88. The molecule has 1 saturated heterocycles. The molecule has 5 rings (SSSR count). The van der Waals surface area contributed by atoms with Gasteiger partial charge in [0.05, 0.1) is 18.7 Å². The summed E-state index contributed by atoms with van der Waals surface area (Å²) < 4.78 is 7.99. The molecule has 0 bridgehead atoms. The molecule has 1 atom stereocenters. The monoisotopic (exact) mass is 401 g/mol. The second-order valence-electron chi connectivity index (χ2n) is 8.88. The van der Waals surface area contributed by atoms with Crippen LogP contribution in [0.15, 0.2) is 54.1 Å². The molecule has 3 heterocycles. The van der Waals surface area contributed by atoms with Gasteiger partial charge in [0.2, 0.25) is 0 Å². The van der Waals surface area contributed by atoms with E-state index in [0.29, 0.717) is 5.92 Å². The first-order chi connectivity index (χ1) is 14.6. The van der Waals surface area contributed by atoms with Gasteiger partial charge >= 0.3 is 0 Å². The number of fused-ring (bicyclic) bond motifs is 3. The van der Waals surface area contributed by atoms with E-state index in [9.17, 15) is 0 Å². The Balaban J connectivity index is 1.59. The van der Waals surface area contributed by atoms with Crippen LogP contribution >= 0.6 is 0 Å². The number of nitrogens with zero attached hydrogens (tertiary/aromatic N) is 3. The highest BCUT2D eigenvalue weighted by atomic mass is 16.5. The highest BCUT2D eigenvalue weighted by Gasteiger charge is 2.21. The number of pyridine rings is 1. The van der Waals surface area contributed by atoms with Crippen molar-refractivity contribution in [3.63, 3.8) is 0 Å². The third kappa shape index (κ3) is 3.43. The van der Waals surface area contributed by atoms with Crippen LogP contribution in [0.2, 0.25) is 0 Å². The van der Waals surface area contributed by atoms with E-state index in [4.69, 9.17) is 9.72 Å². The highest BCUT2D eigenvalue weighted by Crippen LogP contribution is 2.34. The van der Waals surface area contributed by atoms with Crippen molar-refractivity contribution < 1.29 is 4.74 Å². The lowest BCUT2D eigenvalue weighted by molar-refractivity contribution is 0.122. The average molecular weight is 402 g/mol. The van der Waals surface area contributed by atoms with Crippen LogP contribution in [0.5, 0.6) is 0 Å². The normalized spacial score (nSPS) is 20.0. The van der Waals surface area contributed by atoms with Crippen molar-refractivity contribution in [3.8, 4) is 0 Å². The van der Waals surface area contributed by atoms with Crippen LogP contribution in [0.25, 0.3) is 21.9 Å². The molecule has 0 amide bonds. The van der Waals surface area contributed by atoms with Gasteiger partial charge in [-0.05, 0) is 56.7 Å². The molecule has 3 aromatic rings. The van der Waals surface area contributed by atoms with Crippen molar-refractivity contribution >= 4 is 27.8 Å². The molecule has 1 aromatic carbocycles. The molecule has 0 saturated carbocycles. The number of rotatable bonds is 4. The molecule has 30 heavy (non-hydrogen) atoms. The largest absolute Gasteiger partial charge is 0.378 e. The Morgan fingerprint density at radius 1 is 1.20 bits per heavy atom. The molecule has 0 N–H and O–H groups in total. The molecule has 0 spiro atoms.